The Labute approximate surface area is 115 Å². The van der Waals surface area contributed by atoms with Gasteiger partial charge in [0.25, 0.3) is 0 Å². The van der Waals surface area contributed by atoms with Gasteiger partial charge in [-0.25, -0.2) is 9.18 Å². The molecule has 4 nitrogen and oxygen atoms in total. The number of aryl methyl sites for hydroxylation is 1. The summed E-state index contributed by atoms with van der Waals surface area (Å²) >= 11 is 0. The average molecular weight is 278 g/mol. The van der Waals surface area contributed by atoms with Crippen LogP contribution in [0.4, 0.5) is 4.39 Å². The maximum Gasteiger partial charge on any atom is 0.345 e. The third-order valence-corrected chi connectivity index (χ3v) is 3.39. The summed E-state index contributed by atoms with van der Waals surface area (Å²) in [5, 5.41) is 10.2. The number of aliphatic hydroxyl groups is 1. The molecule has 1 unspecified atom stereocenters. The molecule has 0 heterocycles. The summed E-state index contributed by atoms with van der Waals surface area (Å²) < 4.78 is 18.3. The van der Waals surface area contributed by atoms with Gasteiger partial charge in [-0.1, -0.05) is 6.92 Å². The highest BCUT2D eigenvalue weighted by Crippen LogP contribution is 2.37. The smallest absolute Gasteiger partial charge is 0.345 e. The lowest BCUT2D eigenvalue weighted by molar-refractivity contribution is -0.140. The SMILES string of the molecule is CCOC(=O)C1=C(O)c2c(C)cc(F)cc2C(C)C1=O. The van der Waals surface area contributed by atoms with Gasteiger partial charge >= 0.3 is 5.97 Å². The largest absolute Gasteiger partial charge is 0.506 e. The zero-order valence-electron chi connectivity index (χ0n) is 11.5. The van der Waals surface area contributed by atoms with Gasteiger partial charge in [0.2, 0.25) is 0 Å². The Kier molecular flexibility index (Phi) is 3.61. The normalized spacial score (nSPS) is 18.0. The van der Waals surface area contributed by atoms with Crippen LogP contribution in [0.3, 0.4) is 0 Å². The van der Waals surface area contributed by atoms with Crippen LogP contribution in [0.25, 0.3) is 5.76 Å². The van der Waals surface area contributed by atoms with Crippen LogP contribution in [0.15, 0.2) is 17.7 Å². The lowest BCUT2D eigenvalue weighted by Gasteiger charge is -2.24. The summed E-state index contributed by atoms with van der Waals surface area (Å²) in [5.74, 6) is -3.02. The molecule has 0 aromatic heterocycles. The van der Waals surface area contributed by atoms with Crippen LogP contribution in [0, 0.1) is 12.7 Å². The standard InChI is InChI=1S/C15H15FO4/c1-4-20-15(19)12-13(17)8(3)10-6-9(16)5-7(2)11(10)14(12)18/h5-6,8,18H,4H2,1-3H3. The van der Waals surface area contributed by atoms with E-state index in [4.69, 9.17) is 4.74 Å². The number of aliphatic hydroxyl groups excluding tert-OH is 1. The van der Waals surface area contributed by atoms with Crippen molar-refractivity contribution >= 4 is 17.5 Å². The summed E-state index contributed by atoms with van der Waals surface area (Å²) in [6, 6.07) is 2.46. The van der Waals surface area contributed by atoms with Crippen molar-refractivity contribution < 1.29 is 23.8 Å². The molecule has 20 heavy (non-hydrogen) atoms. The highest BCUT2D eigenvalue weighted by atomic mass is 19.1. The summed E-state index contributed by atoms with van der Waals surface area (Å²) in [4.78, 5) is 24.0. The second kappa shape index (κ2) is 5.07. The van der Waals surface area contributed by atoms with Gasteiger partial charge in [-0.15, -0.1) is 0 Å². The zero-order valence-corrected chi connectivity index (χ0v) is 11.5. The van der Waals surface area contributed by atoms with Gasteiger partial charge in [-0.3, -0.25) is 4.79 Å². The Morgan fingerprint density at radius 1 is 1.45 bits per heavy atom. The van der Waals surface area contributed by atoms with E-state index in [9.17, 15) is 19.1 Å². The quantitative estimate of drug-likeness (QED) is 0.667. The first-order chi connectivity index (χ1) is 9.38. The Hall–Kier alpha value is -2.17. The third-order valence-electron chi connectivity index (χ3n) is 3.39. The molecule has 0 bridgehead atoms. The van der Waals surface area contributed by atoms with Gasteiger partial charge in [-0.05, 0) is 37.1 Å². The molecule has 0 saturated heterocycles. The minimum absolute atomic E-state index is 0.104. The number of hydrogen-bond donors (Lipinski definition) is 1. The van der Waals surface area contributed by atoms with Crippen molar-refractivity contribution in [3.05, 3.63) is 40.2 Å². The molecule has 2 rings (SSSR count). The van der Waals surface area contributed by atoms with E-state index < -0.39 is 29.2 Å². The maximum absolute atomic E-state index is 13.5. The highest BCUT2D eigenvalue weighted by Gasteiger charge is 2.37. The number of ketones is 1. The minimum Gasteiger partial charge on any atom is -0.506 e. The molecule has 1 aromatic carbocycles. The lowest BCUT2D eigenvalue weighted by Crippen LogP contribution is -2.27. The van der Waals surface area contributed by atoms with Crippen LogP contribution in [0.5, 0.6) is 0 Å². The highest BCUT2D eigenvalue weighted by molar-refractivity contribution is 6.25. The Morgan fingerprint density at radius 3 is 2.70 bits per heavy atom. The average Bonchev–Trinajstić information content (AvgIpc) is 2.35. The predicted octanol–water partition coefficient (Wildman–Crippen LogP) is 2.65. The van der Waals surface area contributed by atoms with E-state index in [2.05, 4.69) is 0 Å². The molecular weight excluding hydrogens is 263 g/mol. The van der Waals surface area contributed by atoms with Crippen LogP contribution >= 0.6 is 0 Å². The van der Waals surface area contributed by atoms with Gasteiger partial charge in [0.05, 0.1) is 6.61 Å². The van der Waals surface area contributed by atoms with Crippen LogP contribution in [0.2, 0.25) is 0 Å². The van der Waals surface area contributed by atoms with Crippen molar-refractivity contribution in [2.45, 2.75) is 26.7 Å². The topological polar surface area (TPSA) is 63.6 Å². The third kappa shape index (κ3) is 2.09. The second-order valence-electron chi connectivity index (χ2n) is 4.72. The monoisotopic (exact) mass is 278 g/mol. The summed E-state index contributed by atoms with van der Waals surface area (Å²) in [5.41, 5.74) is 0.833. The lowest BCUT2D eigenvalue weighted by atomic mass is 9.80. The van der Waals surface area contributed by atoms with E-state index in [0.717, 1.165) is 0 Å². The summed E-state index contributed by atoms with van der Waals surface area (Å²) in [6.45, 7) is 4.91. The molecule has 0 aliphatic heterocycles. The van der Waals surface area contributed by atoms with Gasteiger partial charge in [0, 0.05) is 11.5 Å². The fraction of sp³-hybridized carbons (Fsp3) is 0.333. The van der Waals surface area contributed by atoms with E-state index in [1.165, 1.54) is 12.1 Å². The molecule has 1 N–H and O–H groups in total. The van der Waals surface area contributed by atoms with E-state index in [0.29, 0.717) is 16.7 Å². The Bertz CT molecular complexity index is 631. The molecule has 1 aliphatic carbocycles. The molecule has 1 aromatic rings. The van der Waals surface area contributed by atoms with E-state index >= 15 is 0 Å². The zero-order chi connectivity index (χ0) is 15.0. The van der Waals surface area contributed by atoms with Crippen molar-refractivity contribution in [3.8, 4) is 0 Å². The van der Waals surface area contributed by atoms with Crippen molar-refractivity contribution in [1.29, 1.82) is 0 Å². The van der Waals surface area contributed by atoms with Crippen molar-refractivity contribution in [2.75, 3.05) is 6.61 Å². The fourth-order valence-electron chi connectivity index (χ4n) is 2.43. The van der Waals surface area contributed by atoms with E-state index in [-0.39, 0.29) is 12.2 Å². The van der Waals surface area contributed by atoms with Crippen molar-refractivity contribution in [1.82, 2.24) is 0 Å². The molecular formula is C15H15FO4. The second-order valence-corrected chi connectivity index (χ2v) is 4.72. The summed E-state index contributed by atoms with van der Waals surface area (Å²) in [6.07, 6.45) is 0. The van der Waals surface area contributed by atoms with Crippen LogP contribution < -0.4 is 0 Å². The Morgan fingerprint density at radius 2 is 2.10 bits per heavy atom. The van der Waals surface area contributed by atoms with Gasteiger partial charge < -0.3 is 9.84 Å². The Balaban J connectivity index is 2.70. The number of Topliss-reactive ketones (excluding diaryl/α,β-unsaturated/α-hetero) is 1. The molecule has 0 spiro atoms. The van der Waals surface area contributed by atoms with Crippen LogP contribution in [-0.2, 0) is 14.3 Å². The number of hydrogen-bond acceptors (Lipinski definition) is 4. The number of carbonyl (C=O) groups excluding carboxylic acids is 2. The van der Waals surface area contributed by atoms with Crippen molar-refractivity contribution in [3.63, 3.8) is 0 Å². The first kappa shape index (κ1) is 14.2. The van der Waals surface area contributed by atoms with Crippen molar-refractivity contribution in [2.24, 2.45) is 0 Å². The van der Waals surface area contributed by atoms with Gasteiger partial charge in [0.15, 0.2) is 5.78 Å². The minimum atomic E-state index is -0.851. The number of esters is 1. The van der Waals surface area contributed by atoms with Gasteiger partial charge in [-0.2, -0.15) is 0 Å². The van der Waals surface area contributed by atoms with Crippen LogP contribution in [-0.4, -0.2) is 23.5 Å². The molecule has 1 atom stereocenters. The van der Waals surface area contributed by atoms with E-state index in [1.54, 1.807) is 20.8 Å². The maximum atomic E-state index is 13.5. The van der Waals surface area contributed by atoms with Crippen LogP contribution in [0.1, 0.15) is 36.5 Å². The molecule has 0 amide bonds. The number of benzene rings is 1. The number of fused-ring (bicyclic) bond motifs is 1. The first-order valence-electron chi connectivity index (χ1n) is 6.33. The number of halogens is 1. The molecule has 0 radical (unpaired) electrons. The number of rotatable bonds is 2. The molecule has 106 valence electrons. The fourth-order valence-corrected chi connectivity index (χ4v) is 2.43. The number of carbonyl (C=O) groups is 2. The molecule has 0 saturated carbocycles. The van der Waals surface area contributed by atoms with Gasteiger partial charge in [0.1, 0.15) is 17.1 Å². The number of ether oxygens (including phenoxy) is 1. The van der Waals surface area contributed by atoms with E-state index in [1.807, 2.05) is 0 Å². The summed E-state index contributed by atoms with van der Waals surface area (Å²) in [7, 11) is 0. The molecule has 0 fully saturated rings. The predicted molar refractivity (Wildman–Crippen MR) is 70.7 cm³/mol. The first-order valence-corrected chi connectivity index (χ1v) is 6.33. The molecule has 1 aliphatic rings. The molecule has 5 heteroatoms.